The van der Waals surface area contributed by atoms with E-state index in [0.29, 0.717) is 0 Å². The number of anilines is 1. The maximum atomic E-state index is 11.3. The minimum absolute atomic E-state index is 0.195. The van der Waals surface area contributed by atoms with E-state index in [0.717, 1.165) is 81.6 Å². The summed E-state index contributed by atoms with van der Waals surface area (Å²) in [6, 6.07) is 4.39. The van der Waals surface area contributed by atoms with Gasteiger partial charge in [-0.3, -0.25) is 4.68 Å². The Kier molecular flexibility index (Phi) is 4.73. The fourth-order valence-corrected chi connectivity index (χ4v) is 6.83. The van der Waals surface area contributed by atoms with Crippen LogP contribution in [-0.2, 0) is 26.6 Å². The second-order valence-electron chi connectivity index (χ2n) is 11.0. The zero-order valence-electron chi connectivity index (χ0n) is 20.4. The topological polar surface area (TPSA) is 88.2 Å². The zero-order valence-corrected chi connectivity index (χ0v) is 20.4. The van der Waals surface area contributed by atoms with Crippen LogP contribution in [0, 0.1) is 19.3 Å². The summed E-state index contributed by atoms with van der Waals surface area (Å²) < 4.78 is 4.40. The minimum atomic E-state index is -0.882. The Hall–Kier alpha value is -3.03. The molecule has 0 atom stereocenters. The van der Waals surface area contributed by atoms with Crippen LogP contribution < -0.4 is 10.2 Å². The van der Waals surface area contributed by atoms with Gasteiger partial charge < -0.3 is 19.9 Å². The molecule has 2 bridgehead atoms. The van der Waals surface area contributed by atoms with Gasteiger partial charge >= 0.3 is 6.09 Å². The van der Waals surface area contributed by atoms with Crippen molar-refractivity contribution in [1.82, 2.24) is 24.6 Å². The molecule has 1 aliphatic heterocycles. The van der Waals surface area contributed by atoms with Crippen molar-refractivity contribution in [2.24, 2.45) is 12.5 Å². The van der Waals surface area contributed by atoms with Gasteiger partial charge in [0.1, 0.15) is 5.65 Å². The number of aryl methyl sites for hydroxylation is 3. The van der Waals surface area contributed by atoms with E-state index in [1.165, 1.54) is 22.3 Å². The molecule has 8 heteroatoms. The molecule has 3 fully saturated rings. The summed E-state index contributed by atoms with van der Waals surface area (Å²) in [5.74, 6) is 0. The van der Waals surface area contributed by atoms with Crippen molar-refractivity contribution in [3.05, 3.63) is 41.0 Å². The molecular weight excluding hydrogens is 428 g/mol. The molecule has 1 amide bonds. The van der Waals surface area contributed by atoms with Crippen LogP contribution in [0.5, 0.6) is 0 Å². The first kappa shape index (κ1) is 21.5. The summed E-state index contributed by atoms with van der Waals surface area (Å²) in [5.41, 5.74) is 7.31. The maximum Gasteiger partial charge on any atom is 0.405 e. The smallest absolute Gasteiger partial charge is 0.405 e. The Morgan fingerprint density at radius 3 is 2.62 bits per heavy atom. The van der Waals surface area contributed by atoms with E-state index in [9.17, 15) is 9.90 Å². The third kappa shape index (κ3) is 3.37. The van der Waals surface area contributed by atoms with Crippen molar-refractivity contribution >= 4 is 22.8 Å². The highest BCUT2D eigenvalue weighted by Crippen LogP contribution is 2.53. The van der Waals surface area contributed by atoms with Crippen LogP contribution in [0.1, 0.15) is 61.2 Å². The summed E-state index contributed by atoms with van der Waals surface area (Å²) in [6.07, 6.45) is 8.28. The third-order valence-corrected chi connectivity index (χ3v) is 8.88. The number of rotatable bonds is 4. The number of aromatic nitrogens is 4. The third-order valence-electron chi connectivity index (χ3n) is 8.88. The molecule has 7 rings (SSSR count). The normalized spacial score (nSPS) is 26.1. The molecule has 34 heavy (non-hydrogen) atoms. The number of carboxylic acid groups (broad SMARTS) is 1. The molecule has 8 nitrogen and oxygen atoms in total. The predicted octanol–water partition coefficient (Wildman–Crippen LogP) is 4.31. The lowest BCUT2D eigenvalue weighted by atomic mass is 9.57. The molecule has 4 heterocycles. The average Bonchev–Trinajstić information content (AvgIpc) is 3.33. The van der Waals surface area contributed by atoms with E-state index in [4.69, 9.17) is 10.1 Å². The van der Waals surface area contributed by atoms with Gasteiger partial charge in [-0.05, 0) is 69.9 Å². The van der Waals surface area contributed by atoms with E-state index < -0.39 is 6.09 Å². The molecule has 3 aromatic rings. The highest BCUT2D eigenvalue weighted by Gasteiger charge is 2.49. The molecule has 2 N–H and O–H groups in total. The van der Waals surface area contributed by atoms with Crippen LogP contribution in [-0.4, -0.2) is 42.6 Å². The number of nitrogens with zero attached hydrogens (tertiary/aromatic N) is 5. The quantitative estimate of drug-likeness (QED) is 0.603. The predicted molar refractivity (Wildman–Crippen MR) is 131 cm³/mol. The van der Waals surface area contributed by atoms with Gasteiger partial charge in [-0.15, -0.1) is 0 Å². The molecule has 3 aliphatic carbocycles. The van der Waals surface area contributed by atoms with Gasteiger partial charge in [0.25, 0.3) is 0 Å². The van der Waals surface area contributed by atoms with Crippen LogP contribution in [0.2, 0.25) is 0 Å². The summed E-state index contributed by atoms with van der Waals surface area (Å²) in [6.45, 7) is 7.04. The minimum Gasteiger partial charge on any atom is -0.465 e. The Morgan fingerprint density at radius 2 is 1.91 bits per heavy atom. The van der Waals surface area contributed by atoms with Crippen LogP contribution in [0.15, 0.2) is 18.3 Å². The Labute approximate surface area is 200 Å². The molecule has 3 aromatic heterocycles. The first-order chi connectivity index (χ1) is 16.3. The number of amides is 1. The molecule has 0 spiro atoms. The Morgan fingerprint density at radius 1 is 1.18 bits per heavy atom. The van der Waals surface area contributed by atoms with Gasteiger partial charge in [-0.1, -0.05) is 0 Å². The summed E-state index contributed by atoms with van der Waals surface area (Å²) in [7, 11) is 2.05. The van der Waals surface area contributed by atoms with Gasteiger partial charge in [-0.25, -0.2) is 9.78 Å². The van der Waals surface area contributed by atoms with Gasteiger partial charge in [0, 0.05) is 72.9 Å². The maximum absolute atomic E-state index is 11.3. The monoisotopic (exact) mass is 462 g/mol. The van der Waals surface area contributed by atoms with Crippen molar-refractivity contribution in [2.75, 3.05) is 11.4 Å². The number of fused-ring (bicyclic) bond motifs is 5. The van der Waals surface area contributed by atoms with E-state index in [1.54, 1.807) is 0 Å². The Balaban J connectivity index is 1.24. The number of pyridine rings is 1. The van der Waals surface area contributed by atoms with Gasteiger partial charge in [-0.2, -0.15) is 5.10 Å². The first-order valence-corrected chi connectivity index (χ1v) is 12.5. The van der Waals surface area contributed by atoms with Gasteiger partial charge in [0.15, 0.2) is 0 Å². The first-order valence-electron chi connectivity index (χ1n) is 12.5. The van der Waals surface area contributed by atoms with Crippen molar-refractivity contribution in [3.63, 3.8) is 0 Å². The molecule has 4 aliphatic rings. The summed E-state index contributed by atoms with van der Waals surface area (Å²) >= 11 is 0. The second kappa shape index (κ2) is 7.48. The SMILES string of the molecule is Cc1cc(N2CCc3c(c(C)nn3CC34CCC(NC(=O)O)(CC3)CC4)C2)c2ccn(C)c2n1. The molecule has 0 aromatic carbocycles. The lowest BCUT2D eigenvalue weighted by Gasteiger charge is -2.53. The van der Waals surface area contributed by atoms with Crippen molar-refractivity contribution in [3.8, 4) is 0 Å². The molecule has 0 radical (unpaired) electrons. The van der Waals surface area contributed by atoms with Crippen LogP contribution in [0.4, 0.5) is 10.5 Å². The number of carbonyl (C=O) groups is 1. The van der Waals surface area contributed by atoms with Crippen LogP contribution in [0.25, 0.3) is 11.0 Å². The highest BCUT2D eigenvalue weighted by atomic mass is 16.4. The van der Waals surface area contributed by atoms with Gasteiger partial charge in [0.05, 0.1) is 5.69 Å². The van der Waals surface area contributed by atoms with Crippen LogP contribution in [0.3, 0.4) is 0 Å². The molecule has 180 valence electrons. The molecule has 3 saturated carbocycles. The Bertz CT molecular complexity index is 1260. The molecule has 0 unspecified atom stereocenters. The van der Waals surface area contributed by atoms with Crippen molar-refractivity contribution in [1.29, 1.82) is 0 Å². The number of hydrogen-bond acceptors (Lipinski definition) is 4. The van der Waals surface area contributed by atoms with E-state index in [-0.39, 0.29) is 11.0 Å². The fraction of sp³-hybridized carbons (Fsp3) is 0.577. The summed E-state index contributed by atoms with van der Waals surface area (Å²) in [5, 5.41) is 18.3. The van der Waals surface area contributed by atoms with E-state index >= 15 is 0 Å². The highest BCUT2D eigenvalue weighted by molar-refractivity contribution is 5.90. The number of nitrogens with one attached hydrogen (secondary N) is 1. The standard InChI is InChI=1S/C26H34N6O2/c1-17-14-22(19-4-12-30(3)23(19)27-17)31-13-5-21-20(15-31)18(2)29-32(21)16-25-6-9-26(10-7-25,11-8-25)28-24(33)34/h4,12,14,28H,5-11,13,15-16H2,1-3H3,(H,33,34). The molecular formula is C26H34N6O2. The van der Waals surface area contributed by atoms with Crippen molar-refractivity contribution < 1.29 is 9.90 Å². The van der Waals surface area contributed by atoms with Crippen LogP contribution >= 0.6 is 0 Å². The lowest BCUT2D eigenvalue weighted by molar-refractivity contribution is 0.00945. The van der Waals surface area contributed by atoms with E-state index in [1.807, 2.05) is 0 Å². The average molecular weight is 463 g/mol. The lowest BCUT2D eigenvalue weighted by Crippen LogP contribution is -2.57. The van der Waals surface area contributed by atoms with Crippen molar-refractivity contribution in [2.45, 2.75) is 77.4 Å². The fourth-order valence-electron chi connectivity index (χ4n) is 6.83. The zero-order chi connectivity index (χ0) is 23.7. The van der Waals surface area contributed by atoms with Gasteiger partial charge in [0.2, 0.25) is 0 Å². The van der Waals surface area contributed by atoms with E-state index in [2.05, 4.69) is 58.7 Å². The number of hydrogen-bond donors (Lipinski definition) is 2. The molecule has 0 saturated heterocycles. The largest absolute Gasteiger partial charge is 0.465 e. The second-order valence-corrected chi connectivity index (χ2v) is 11.0. The summed E-state index contributed by atoms with van der Waals surface area (Å²) in [4.78, 5) is 18.5.